The maximum absolute atomic E-state index is 12.8. The smallest absolute Gasteiger partial charge is 0.384 e. The molecule has 0 spiro atoms. The van der Waals surface area contributed by atoms with Gasteiger partial charge in [0.15, 0.2) is 0 Å². The molecule has 0 atom stereocenters. The molecule has 0 amide bonds. The molecule has 2 aliphatic rings. The number of nitrogens with one attached hydrogen (secondary N) is 1. The van der Waals surface area contributed by atoms with Crippen LogP contribution in [0, 0.1) is 0 Å². The van der Waals surface area contributed by atoms with Crippen molar-refractivity contribution in [1.82, 2.24) is 9.21 Å². The molecule has 2 aliphatic heterocycles. The van der Waals surface area contributed by atoms with E-state index in [4.69, 9.17) is 0 Å². The Labute approximate surface area is 164 Å². The van der Waals surface area contributed by atoms with Gasteiger partial charge in [-0.15, -0.1) is 12.4 Å². The van der Waals surface area contributed by atoms with E-state index in [9.17, 15) is 21.6 Å². The molecular weight excluding hydrogens is 403 g/mol. The number of hydrogen-bond donors (Lipinski definition) is 1. The molecule has 1 fully saturated rings. The van der Waals surface area contributed by atoms with Crippen molar-refractivity contribution in [2.75, 3.05) is 37.8 Å². The van der Waals surface area contributed by atoms with Crippen LogP contribution in [0.5, 0.6) is 0 Å². The minimum Gasteiger partial charge on any atom is -0.384 e. The van der Waals surface area contributed by atoms with Crippen LogP contribution >= 0.6 is 12.4 Å². The van der Waals surface area contributed by atoms with Crippen LogP contribution in [0.2, 0.25) is 0 Å². The van der Waals surface area contributed by atoms with E-state index >= 15 is 0 Å². The second kappa shape index (κ2) is 8.55. The van der Waals surface area contributed by atoms with Gasteiger partial charge in [0.1, 0.15) is 6.54 Å². The van der Waals surface area contributed by atoms with Crippen LogP contribution in [0.4, 0.5) is 18.9 Å². The molecule has 1 aromatic rings. The zero-order valence-electron chi connectivity index (χ0n) is 15.1. The number of halogens is 4. The number of benzene rings is 1. The summed E-state index contributed by atoms with van der Waals surface area (Å²) in [7, 11) is -3.90. The van der Waals surface area contributed by atoms with Gasteiger partial charge in [0.05, 0.1) is 6.26 Å². The number of alkyl halides is 3. The van der Waals surface area contributed by atoms with Crippen LogP contribution in [0.3, 0.4) is 0 Å². The first kappa shape index (κ1) is 22.3. The van der Waals surface area contributed by atoms with E-state index < -0.39 is 28.8 Å². The standard InChI is InChI=1S/C17H24F3N3O2S.ClH/c1-26(24,25)23(12-17(18,19)20)15-6-9-22(10-7-15)11-14-4-2-3-13-5-8-21-16(13)14;/h2-4,15,21H,5-12H2,1H3;1H. The highest BCUT2D eigenvalue weighted by Crippen LogP contribution is 2.29. The molecule has 0 aliphatic carbocycles. The first-order valence-corrected chi connectivity index (χ1v) is 10.6. The number of fused-ring (bicyclic) bond motifs is 1. The molecule has 1 N–H and O–H groups in total. The van der Waals surface area contributed by atoms with Gasteiger partial charge in [-0.3, -0.25) is 4.90 Å². The number of nitrogens with zero attached hydrogens (tertiary/aromatic N) is 2. The van der Waals surface area contributed by atoms with E-state index in [2.05, 4.69) is 22.3 Å². The lowest BCUT2D eigenvalue weighted by Gasteiger charge is -2.37. The average molecular weight is 428 g/mol. The Balaban J connectivity index is 0.00000261. The van der Waals surface area contributed by atoms with Crippen LogP contribution in [0.15, 0.2) is 18.2 Å². The highest BCUT2D eigenvalue weighted by Gasteiger charge is 2.39. The Kier molecular flexibility index (Phi) is 7.05. The minimum absolute atomic E-state index is 0. The van der Waals surface area contributed by atoms with E-state index in [1.807, 2.05) is 6.07 Å². The fraction of sp³-hybridized carbons (Fsp3) is 0.647. The number of para-hydroxylation sites is 1. The summed E-state index contributed by atoms with van der Waals surface area (Å²) in [5.74, 6) is 0. The maximum atomic E-state index is 12.8. The van der Waals surface area contributed by atoms with Gasteiger partial charge >= 0.3 is 6.18 Å². The van der Waals surface area contributed by atoms with E-state index in [0.717, 1.165) is 25.8 Å². The summed E-state index contributed by atoms with van der Waals surface area (Å²) in [4.78, 5) is 2.18. The molecule has 154 valence electrons. The quantitative estimate of drug-likeness (QED) is 0.785. The van der Waals surface area contributed by atoms with Crippen molar-refractivity contribution in [3.05, 3.63) is 29.3 Å². The van der Waals surface area contributed by atoms with E-state index in [0.29, 0.717) is 30.2 Å². The summed E-state index contributed by atoms with van der Waals surface area (Å²) in [5, 5.41) is 3.39. The molecule has 2 heterocycles. The Hall–Kier alpha value is -1.03. The van der Waals surface area contributed by atoms with Crippen molar-refractivity contribution in [2.45, 2.75) is 38.0 Å². The first-order valence-electron chi connectivity index (χ1n) is 8.74. The minimum atomic E-state index is -4.53. The fourth-order valence-electron chi connectivity index (χ4n) is 3.84. The zero-order valence-corrected chi connectivity index (χ0v) is 16.8. The summed E-state index contributed by atoms with van der Waals surface area (Å²) >= 11 is 0. The Morgan fingerprint density at radius 2 is 1.93 bits per heavy atom. The van der Waals surface area contributed by atoms with Crippen molar-refractivity contribution in [3.8, 4) is 0 Å². The molecule has 1 aromatic carbocycles. The monoisotopic (exact) mass is 427 g/mol. The molecule has 5 nitrogen and oxygen atoms in total. The van der Waals surface area contributed by atoms with Gasteiger partial charge in [-0.2, -0.15) is 17.5 Å². The van der Waals surface area contributed by atoms with Crippen LogP contribution in [-0.2, 0) is 23.0 Å². The largest absolute Gasteiger partial charge is 0.402 e. The summed E-state index contributed by atoms with van der Waals surface area (Å²) in [5.41, 5.74) is 3.66. The lowest BCUT2D eigenvalue weighted by atomic mass is 10.0. The predicted octanol–water partition coefficient (Wildman–Crippen LogP) is 2.86. The molecule has 0 unspecified atom stereocenters. The molecule has 27 heavy (non-hydrogen) atoms. The molecule has 1 saturated heterocycles. The third-order valence-corrected chi connectivity index (χ3v) is 6.33. The van der Waals surface area contributed by atoms with Crippen LogP contribution in [0.1, 0.15) is 24.0 Å². The average Bonchev–Trinajstić information content (AvgIpc) is 3.01. The lowest BCUT2D eigenvalue weighted by Crippen LogP contribution is -2.49. The molecule has 0 bridgehead atoms. The van der Waals surface area contributed by atoms with E-state index in [1.165, 1.54) is 16.8 Å². The number of likely N-dealkylation sites (tertiary alicyclic amines) is 1. The third-order valence-electron chi connectivity index (χ3n) is 5.05. The van der Waals surface area contributed by atoms with Crippen molar-refractivity contribution in [3.63, 3.8) is 0 Å². The normalized spacial score (nSPS) is 18.9. The van der Waals surface area contributed by atoms with Gasteiger partial charge in [-0.1, -0.05) is 18.2 Å². The lowest BCUT2D eigenvalue weighted by molar-refractivity contribution is -0.140. The topological polar surface area (TPSA) is 52.7 Å². The van der Waals surface area contributed by atoms with Gasteiger partial charge in [0.2, 0.25) is 10.0 Å². The SMILES string of the molecule is CS(=O)(=O)N(CC(F)(F)F)C1CCN(Cc2cccc3c2NCC3)CC1.Cl. The second-order valence-corrected chi connectivity index (χ2v) is 8.99. The summed E-state index contributed by atoms with van der Waals surface area (Å²) in [6, 6.07) is 5.60. The molecule has 0 radical (unpaired) electrons. The second-order valence-electron chi connectivity index (χ2n) is 7.06. The fourth-order valence-corrected chi connectivity index (χ4v) is 4.98. The van der Waals surface area contributed by atoms with Gasteiger partial charge in [0.25, 0.3) is 0 Å². The summed E-state index contributed by atoms with van der Waals surface area (Å²) < 4.78 is 62.5. The highest BCUT2D eigenvalue weighted by atomic mass is 35.5. The molecular formula is C17H25ClF3N3O2S. The molecule has 0 saturated carbocycles. The number of sulfonamides is 1. The van der Waals surface area contributed by atoms with E-state index in [1.54, 1.807) is 0 Å². The maximum Gasteiger partial charge on any atom is 0.402 e. The molecule has 10 heteroatoms. The van der Waals surface area contributed by atoms with Gasteiger partial charge in [-0.25, -0.2) is 8.42 Å². The predicted molar refractivity (Wildman–Crippen MR) is 102 cm³/mol. The van der Waals surface area contributed by atoms with Crippen molar-refractivity contribution >= 4 is 28.1 Å². The van der Waals surface area contributed by atoms with Crippen molar-refractivity contribution < 1.29 is 21.6 Å². The highest BCUT2D eigenvalue weighted by molar-refractivity contribution is 7.88. The summed E-state index contributed by atoms with van der Waals surface area (Å²) in [6.45, 7) is 1.40. The number of anilines is 1. The molecule has 3 rings (SSSR count). The summed E-state index contributed by atoms with van der Waals surface area (Å²) in [6.07, 6.45) is -1.86. The van der Waals surface area contributed by atoms with Gasteiger partial charge < -0.3 is 5.32 Å². The van der Waals surface area contributed by atoms with E-state index in [-0.39, 0.29) is 12.4 Å². The van der Waals surface area contributed by atoms with Crippen LogP contribution in [-0.4, -0.2) is 62.3 Å². The Bertz CT molecular complexity index is 750. The van der Waals surface area contributed by atoms with Crippen LogP contribution < -0.4 is 5.32 Å². The zero-order chi connectivity index (χ0) is 18.9. The van der Waals surface area contributed by atoms with Gasteiger partial charge in [0, 0.05) is 37.9 Å². The number of rotatable bonds is 5. The Morgan fingerprint density at radius 1 is 1.26 bits per heavy atom. The number of piperidine rings is 1. The number of hydrogen-bond acceptors (Lipinski definition) is 4. The molecule has 0 aromatic heterocycles. The van der Waals surface area contributed by atoms with Crippen molar-refractivity contribution in [2.24, 2.45) is 0 Å². The van der Waals surface area contributed by atoms with Gasteiger partial charge in [-0.05, 0) is 30.4 Å². The Morgan fingerprint density at radius 3 is 2.52 bits per heavy atom. The van der Waals surface area contributed by atoms with Crippen molar-refractivity contribution in [1.29, 1.82) is 0 Å². The first-order chi connectivity index (χ1) is 12.1. The van der Waals surface area contributed by atoms with Crippen LogP contribution in [0.25, 0.3) is 0 Å². The third kappa shape index (κ3) is 5.73.